The zero-order valence-electron chi connectivity index (χ0n) is 16.3. The SMILES string of the molecule is Cc1ccc2c(c1)CN(C(=O)c1cc(C(=N)CC3CCCC3)c(N)cc1O)C2. The van der Waals surface area contributed by atoms with Gasteiger partial charge in [0.1, 0.15) is 5.75 Å². The topological polar surface area (TPSA) is 90.4 Å². The molecule has 0 bridgehead atoms. The molecular weight excluding hydrogens is 350 g/mol. The minimum absolute atomic E-state index is 0.118. The Morgan fingerprint density at radius 1 is 1.14 bits per heavy atom. The van der Waals surface area contributed by atoms with E-state index in [9.17, 15) is 9.90 Å². The van der Waals surface area contributed by atoms with E-state index in [1.807, 2.05) is 6.92 Å². The van der Waals surface area contributed by atoms with Crippen molar-refractivity contribution in [1.82, 2.24) is 4.90 Å². The first kappa shape index (κ1) is 18.5. The lowest BCUT2D eigenvalue weighted by molar-refractivity contribution is 0.0748. The molecule has 0 spiro atoms. The summed E-state index contributed by atoms with van der Waals surface area (Å²) in [7, 11) is 0. The van der Waals surface area contributed by atoms with Gasteiger partial charge >= 0.3 is 0 Å². The molecule has 4 rings (SSSR count). The van der Waals surface area contributed by atoms with Crippen LogP contribution in [0.25, 0.3) is 0 Å². The molecule has 0 unspecified atom stereocenters. The van der Waals surface area contributed by atoms with E-state index in [1.54, 1.807) is 11.0 Å². The monoisotopic (exact) mass is 377 g/mol. The standard InChI is InChI=1S/C23H27N3O2/c1-14-6-7-16-12-26(13-17(16)8-14)23(28)19-10-18(21(25)11-22(19)27)20(24)9-15-4-2-3-5-15/h6-8,10-11,15,24,27H,2-5,9,12-13,25H2,1H3. The molecule has 28 heavy (non-hydrogen) atoms. The zero-order chi connectivity index (χ0) is 19.8. The van der Waals surface area contributed by atoms with Gasteiger partial charge in [0.05, 0.1) is 5.56 Å². The number of hydrogen-bond acceptors (Lipinski definition) is 4. The maximum Gasteiger partial charge on any atom is 0.258 e. The number of rotatable bonds is 4. The van der Waals surface area contributed by atoms with Gasteiger partial charge in [-0.15, -0.1) is 0 Å². The summed E-state index contributed by atoms with van der Waals surface area (Å²) >= 11 is 0. The molecule has 2 aliphatic rings. The van der Waals surface area contributed by atoms with Crippen molar-refractivity contribution in [2.45, 2.75) is 52.1 Å². The number of benzene rings is 2. The van der Waals surface area contributed by atoms with Gasteiger partial charge in [-0.2, -0.15) is 0 Å². The van der Waals surface area contributed by atoms with Crippen LogP contribution >= 0.6 is 0 Å². The van der Waals surface area contributed by atoms with Crippen molar-refractivity contribution in [1.29, 1.82) is 5.41 Å². The van der Waals surface area contributed by atoms with Gasteiger partial charge in [0.25, 0.3) is 5.91 Å². The molecule has 1 amide bonds. The Hall–Kier alpha value is -2.82. The van der Waals surface area contributed by atoms with E-state index in [1.165, 1.54) is 24.5 Å². The van der Waals surface area contributed by atoms with E-state index >= 15 is 0 Å². The Balaban J connectivity index is 1.57. The first-order valence-electron chi connectivity index (χ1n) is 10.0. The van der Waals surface area contributed by atoms with E-state index in [0.29, 0.717) is 42.4 Å². The fraction of sp³-hybridized carbons (Fsp3) is 0.391. The molecule has 5 heteroatoms. The first-order valence-corrected chi connectivity index (χ1v) is 10.0. The minimum atomic E-state index is -0.221. The molecule has 1 aliphatic carbocycles. The third kappa shape index (κ3) is 3.49. The third-order valence-electron chi connectivity index (χ3n) is 6.06. The summed E-state index contributed by atoms with van der Waals surface area (Å²) in [6.45, 7) is 3.11. The number of carbonyl (C=O) groups excluding carboxylic acids is 1. The number of nitrogen functional groups attached to an aromatic ring is 1. The van der Waals surface area contributed by atoms with Gasteiger partial charge in [0.15, 0.2) is 0 Å². The third-order valence-corrected chi connectivity index (χ3v) is 6.06. The highest BCUT2D eigenvalue weighted by Gasteiger charge is 2.27. The Kier molecular flexibility index (Phi) is 4.84. The number of amides is 1. The highest BCUT2D eigenvalue weighted by atomic mass is 16.3. The molecule has 1 heterocycles. The van der Waals surface area contributed by atoms with E-state index in [4.69, 9.17) is 11.1 Å². The molecule has 1 saturated carbocycles. The van der Waals surface area contributed by atoms with Gasteiger partial charge in [-0.1, -0.05) is 49.4 Å². The van der Waals surface area contributed by atoms with Crippen LogP contribution in [0.3, 0.4) is 0 Å². The fourth-order valence-corrected chi connectivity index (χ4v) is 4.49. The summed E-state index contributed by atoms with van der Waals surface area (Å²) < 4.78 is 0. The number of aryl methyl sites for hydroxylation is 1. The van der Waals surface area contributed by atoms with Crippen molar-refractivity contribution >= 4 is 17.3 Å². The summed E-state index contributed by atoms with van der Waals surface area (Å²) in [6, 6.07) is 9.24. The van der Waals surface area contributed by atoms with Crippen LogP contribution in [-0.4, -0.2) is 21.6 Å². The van der Waals surface area contributed by atoms with Crippen molar-refractivity contribution in [3.63, 3.8) is 0 Å². The second kappa shape index (κ2) is 7.30. The quantitative estimate of drug-likeness (QED) is 0.545. The van der Waals surface area contributed by atoms with Crippen LogP contribution in [0.2, 0.25) is 0 Å². The average Bonchev–Trinajstić information content (AvgIpc) is 3.30. The lowest BCUT2D eigenvalue weighted by atomic mass is 9.94. The average molecular weight is 377 g/mol. The molecule has 1 aliphatic heterocycles. The van der Waals surface area contributed by atoms with Crippen molar-refractivity contribution in [3.05, 3.63) is 58.1 Å². The van der Waals surface area contributed by atoms with E-state index in [0.717, 1.165) is 24.0 Å². The van der Waals surface area contributed by atoms with Crippen molar-refractivity contribution in [2.24, 2.45) is 5.92 Å². The maximum absolute atomic E-state index is 13.1. The van der Waals surface area contributed by atoms with Gasteiger partial charge in [-0.05, 0) is 36.5 Å². The number of nitrogens with two attached hydrogens (primary N) is 1. The lowest BCUT2D eigenvalue weighted by Gasteiger charge is -2.18. The second-order valence-corrected chi connectivity index (χ2v) is 8.22. The molecule has 146 valence electrons. The Morgan fingerprint density at radius 2 is 1.86 bits per heavy atom. The predicted octanol–water partition coefficient (Wildman–Crippen LogP) is 4.39. The maximum atomic E-state index is 13.1. The van der Waals surface area contributed by atoms with Crippen LogP contribution in [0.15, 0.2) is 30.3 Å². The summed E-state index contributed by atoms with van der Waals surface area (Å²) in [5.74, 6) is 0.185. The molecule has 2 aromatic carbocycles. The molecule has 0 radical (unpaired) electrons. The highest BCUT2D eigenvalue weighted by molar-refractivity contribution is 6.06. The number of nitrogens with zero attached hydrogens (tertiary/aromatic N) is 1. The molecule has 0 aromatic heterocycles. The number of carbonyl (C=O) groups is 1. The molecule has 0 atom stereocenters. The number of fused-ring (bicyclic) bond motifs is 1. The highest BCUT2D eigenvalue weighted by Crippen LogP contribution is 2.33. The van der Waals surface area contributed by atoms with Crippen molar-refractivity contribution < 1.29 is 9.90 Å². The molecule has 1 fully saturated rings. The van der Waals surface area contributed by atoms with Crippen LogP contribution in [0.1, 0.15) is 64.7 Å². The normalized spacial score (nSPS) is 16.4. The van der Waals surface area contributed by atoms with E-state index < -0.39 is 0 Å². The van der Waals surface area contributed by atoms with Crippen LogP contribution in [0.5, 0.6) is 5.75 Å². The van der Waals surface area contributed by atoms with Gasteiger partial charge in [-0.25, -0.2) is 0 Å². The molecule has 4 N–H and O–H groups in total. The Morgan fingerprint density at radius 3 is 2.61 bits per heavy atom. The number of phenolic OH excluding ortho intramolecular Hbond substituents is 1. The van der Waals surface area contributed by atoms with E-state index in [2.05, 4.69) is 18.2 Å². The summed E-state index contributed by atoms with van der Waals surface area (Å²) in [5.41, 5.74) is 11.2. The lowest BCUT2D eigenvalue weighted by Crippen LogP contribution is -2.26. The van der Waals surface area contributed by atoms with E-state index in [-0.39, 0.29) is 17.2 Å². The van der Waals surface area contributed by atoms with Crippen molar-refractivity contribution in [2.75, 3.05) is 5.73 Å². The zero-order valence-corrected chi connectivity index (χ0v) is 16.3. The molecule has 5 nitrogen and oxygen atoms in total. The molecule has 0 saturated heterocycles. The number of aromatic hydroxyl groups is 1. The summed E-state index contributed by atoms with van der Waals surface area (Å²) in [4.78, 5) is 14.8. The largest absolute Gasteiger partial charge is 0.507 e. The first-order chi connectivity index (χ1) is 13.4. The number of nitrogens with one attached hydrogen (secondary N) is 1. The smallest absolute Gasteiger partial charge is 0.258 e. The van der Waals surface area contributed by atoms with Gasteiger partial charge < -0.3 is 21.1 Å². The van der Waals surface area contributed by atoms with Gasteiger partial charge in [0, 0.05) is 36.1 Å². The van der Waals surface area contributed by atoms with Crippen LogP contribution in [-0.2, 0) is 13.1 Å². The Bertz CT molecular complexity index is 945. The minimum Gasteiger partial charge on any atom is -0.507 e. The van der Waals surface area contributed by atoms with Crippen LogP contribution in [0.4, 0.5) is 5.69 Å². The van der Waals surface area contributed by atoms with Gasteiger partial charge in [-0.3, -0.25) is 4.79 Å². The Labute approximate surface area is 165 Å². The molecular formula is C23H27N3O2. The van der Waals surface area contributed by atoms with Gasteiger partial charge in [0.2, 0.25) is 0 Å². The summed E-state index contributed by atoms with van der Waals surface area (Å²) in [6.07, 6.45) is 5.43. The molecule has 2 aromatic rings. The fourth-order valence-electron chi connectivity index (χ4n) is 4.49. The van der Waals surface area contributed by atoms with Crippen LogP contribution < -0.4 is 5.73 Å². The van der Waals surface area contributed by atoms with Crippen LogP contribution in [0, 0.1) is 18.3 Å². The number of anilines is 1. The predicted molar refractivity (Wildman–Crippen MR) is 111 cm³/mol. The van der Waals surface area contributed by atoms with Crippen molar-refractivity contribution in [3.8, 4) is 5.75 Å². The number of hydrogen-bond donors (Lipinski definition) is 3. The second-order valence-electron chi connectivity index (χ2n) is 8.22. The summed E-state index contributed by atoms with van der Waals surface area (Å²) in [5, 5.41) is 18.9. The number of phenols is 1.